The molecule has 3 atom stereocenters. The summed E-state index contributed by atoms with van der Waals surface area (Å²) in [4.78, 5) is 4.29. The number of rotatable bonds is 8. The molecule has 23 heavy (non-hydrogen) atoms. The minimum Gasteiger partial charge on any atom is -0.379 e. The van der Waals surface area contributed by atoms with Gasteiger partial charge in [0, 0.05) is 33.4 Å². The summed E-state index contributed by atoms with van der Waals surface area (Å²) in [7, 11) is 1.84. The third-order valence-electron chi connectivity index (χ3n) is 4.97. The van der Waals surface area contributed by atoms with Crippen LogP contribution in [0.2, 0.25) is 0 Å². The van der Waals surface area contributed by atoms with Crippen LogP contribution < -0.4 is 10.6 Å². The van der Waals surface area contributed by atoms with E-state index < -0.39 is 0 Å². The van der Waals surface area contributed by atoms with Gasteiger partial charge in [-0.05, 0) is 37.5 Å². The maximum absolute atomic E-state index is 5.76. The van der Waals surface area contributed by atoms with Gasteiger partial charge in [-0.2, -0.15) is 0 Å². The number of nitrogens with one attached hydrogen (secondary N) is 2. The second-order valence-electron chi connectivity index (χ2n) is 7.06. The molecule has 0 aromatic heterocycles. The lowest BCUT2D eigenvalue weighted by molar-refractivity contribution is 0.0420. The summed E-state index contributed by atoms with van der Waals surface area (Å²) in [5.41, 5.74) is 0. The van der Waals surface area contributed by atoms with Crippen molar-refractivity contribution in [2.45, 2.75) is 58.0 Å². The van der Waals surface area contributed by atoms with E-state index in [1.54, 1.807) is 0 Å². The van der Waals surface area contributed by atoms with Gasteiger partial charge in [0.1, 0.15) is 0 Å². The van der Waals surface area contributed by atoms with Crippen LogP contribution in [-0.2, 0) is 9.47 Å². The predicted molar refractivity (Wildman–Crippen MR) is 94.9 cm³/mol. The van der Waals surface area contributed by atoms with E-state index >= 15 is 0 Å². The molecule has 0 aromatic rings. The molecule has 0 radical (unpaired) electrons. The summed E-state index contributed by atoms with van der Waals surface area (Å²) in [6, 6.07) is 0. The summed E-state index contributed by atoms with van der Waals surface area (Å²) >= 11 is 0. The van der Waals surface area contributed by atoms with E-state index in [2.05, 4.69) is 22.5 Å². The lowest BCUT2D eigenvalue weighted by atomic mass is 9.81. The first-order valence-electron chi connectivity index (χ1n) is 9.41. The van der Waals surface area contributed by atoms with Crippen LogP contribution in [0.15, 0.2) is 4.99 Å². The minimum atomic E-state index is 0.310. The smallest absolute Gasteiger partial charge is 0.190 e. The average Bonchev–Trinajstić information content (AvgIpc) is 3.06. The van der Waals surface area contributed by atoms with E-state index in [-0.39, 0.29) is 0 Å². The standard InChI is InChI=1S/C18H35N3O2/c1-15-5-3-6-16(13-15)7-10-21-18(19-2)20-9-4-11-23-17-8-12-22-14-17/h15-17H,3-14H2,1-2H3,(H2,19,20,21). The third kappa shape index (κ3) is 7.53. The molecular weight excluding hydrogens is 290 g/mol. The van der Waals surface area contributed by atoms with Gasteiger partial charge in [0.05, 0.1) is 12.7 Å². The zero-order valence-electron chi connectivity index (χ0n) is 15.0. The molecule has 0 amide bonds. The van der Waals surface area contributed by atoms with E-state index in [9.17, 15) is 0 Å². The number of ether oxygens (including phenoxy) is 2. The molecular formula is C18H35N3O2. The largest absolute Gasteiger partial charge is 0.379 e. The molecule has 1 saturated heterocycles. The van der Waals surface area contributed by atoms with Gasteiger partial charge in [-0.15, -0.1) is 0 Å². The third-order valence-corrected chi connectivity index (χ3v) is 4.97. The van der Waals surface area contributed by atoms with Gasteiger partial charge in [0.25, 0.3) is 0 Å². The van der Waals surface area contributed by atoms with E-state index in [0.29, 0.717) is 6.10 Å². The molecule has 1 aliphatic carbocycles. The Labute approximate surface area is 141 Å². The van der Waals surface area contributed by atoms with Crippen LogP contribution in [0.4, 0.5) is 0 Å². The van der Waals surface area contributed by atoms with E-state index in [0.717, 1.165) is 63.5 Å². The molecule has 1 aliphatic heterocycles. The Kier molecular flexibility index (Phi) is 8.76. The SMILES string of the molecule is CN=C(NCCCOC1CCOC1)NCCC1CCCC(C)C1. The van der Waals surface area contributed by atoms with Gasteiger partial charge < -0.3 is 20.1 Å². The highest BCUT2D eigenvalue weighted by Gasteiger charge is 2.18. The highest BCUT2D eigenvalue weighted by molar-refractivity contribution is 5.79. The first-order valence-corrected chi connectivity index (χ1v) is 9.41. The van der Waals surface area contributed by atoms with Crippen LogP contribution in [0.3, 0.4) is 0 Å². The molecule has 134 valence electrons. The summed E-state index contributed by atoms with van der Waals surface area (Å²) < 4.78 is 11.1. The number of hydrogen-bond donors (Lipinski definition) is 2. The molecule has 0 aromatic carbocycles. The van der Waals surface area contributed by atoms with Crippen molar-refractivity contribution >= 4 is 5.96 Å². The lowest BCUT2D eigenvalue weighted by Crippen LogP contribution is -2.39. The Morgan fingerprint density at radius 1 is 1.22 bits per heavy atom. The quantitative estimate of drug-likeness (QED) is 0.409. The van der Waals surface area contributed by atoms with Crippen LogP contribution >= 0.6 is 0 Å². The monoisotopic (exact) mass is 325 g/mol. The highest BCUT2D eigenvalue weighted by Crippen LogP contribution is 2.30. The highest BCUT2D eigenvalue weighted by atomic mass is 16.5. The van der Waals surface area contributed by atoms with E-state index in [1.165, 1.54) is 32.1 Å². The predicted octanol–water partition coefficient (Wildman–Crippen LogP) is 2.56. The fourth-order valence-corrected chi connectivity index (χ4v) is 3.61. The summed E-state index contributed by atoms with van der Waals surface area (Å²) in [6.45, 7) is 6.70. The fraction of sp³-hybridized carbons (Fsp3) is 0.944. The second-order valence-corrected chi connectivity index (χ2v) is 7.06. The average molecular weight is 325 g/mol. The van der Waals surface area contributed by atoms with Crippen molar-refractivity contribution in [3.8, 4) is 0 Å². The number of guanidine groups is 1. The Morgan fingerprint density at radius 2 is 2.09 bits per heavy atom. The summed E-state index contributed by atoms with van der Waals surface area (Å²) in [5, 5.41) is 6.81. The molecule has 2 fully saturated rings. The maximum atomic E-state index is 5.76. The Morgan fingerprint density at radius 3 is 2.83 bits per heavy atom. The van der Waals surface area contributed by atoms with Gasteiger partial charge >= 0.3 is 0 Å². The van der Waals surface area contributed by atoms with Crippen molar-refractivity contribution in [1.82, 2.24) is 10.6 Å². The molecule has 5 heteroatoms. The molecule has 2 aliphatic rings. The molecule has 2 N–H and O–H groups in total. The normalized spacial score (nSPS) is 28.8. The molecule has 0 spiro atoms. The van der Waals surface area contributed by atoms with E-state index in [4.69, 9.17) is 9.47 Å². The molecule has 1 saturated carbocycles. The Bertz CT molecular complexity index is 343. The Balaban J connectivity index is 1.47. The van der Waals surface area contributed by atoms with Crippen LogP contribution in [0.5, 0.6) is 0 Å². The van der Waals surface area contributed by atoms with Gasteiger partial charge in [-0.1, -0.05) is 26.2 Å². The fourth-order valence-electron chi connectivity index (χ4n) is 3.61. The molecule has 0 bridgehead atoms. The van der Waals surface area contributed by atoms with Crippen molar-refractivity contribution in [3.05, 3.63) is 0 Å². The first kappa shape index (κ1) is 18.5. The number of hydrogen-bond acceptors (Lipinski definition) is 3. The Hall–Kier alpha value is -0.810. The summed E-state index contributed by atoms with van der Waals surface area (Å²) in [5.74, 6) is 2.72. The lowest BCUT2D eigenvalue weighted by Gasteiger charge is -2.26. The van der Waals surface area contributed by atoms with Gasteiger partial charge in [-0.25, -0.2) is 0 Å². The van der Waals surface area contributed by atoms with Crippen molar-refractivity contribution in [2.24, 2.45) is 16.8 Å². The minimum absolute atomic E-state index is 0.310. The van der Waals surface area contributed by atoms with Crippen molar-refractivity contribution in [3.63, 3.8) is 0 Å². The van der Waals surface area contributed by atoms with Crippen molar-refractivity contribution < 1.29 is 9.47 Å². The topological polar surface area (TPSA) is 54.9 Å². The summed E-state index contributed by atoms with van der Waals surface area (Å²) in [6.07, 6.45) is 9.23. The van der Waals surface area contributed by atoms with Crippen LogP contribution in [0.1, 0.15) is 51.9 Å². The van der Waals surface area contributed by atoms with Gasteiger partial charge in [0.2, 0.25) is 0 Å². The zero-order valence-corrected chi connectivity index (χ0v) is 15.0. The van der Waals surface area contributed by atoms with Crippen LogP contribution in [-0.4, -0.2) is 52.0 Å². The molecule has 1 heterocycles. The number of nitrogens with zero attached hydrogens (tertiary/aromatic N) is 1. The van der Waals surface area contributed by atoms with Crippen LogP contribution in [0.25, 0.3) is 0 Å². The molecule has 5 nitrogen and oxygen atoms in total. The van der Waals surface area contributed by atoms with Gasteiger partial charge in [-0.3, -0.25) is 4.99 Å². The molecule has 2 rings (SSSR count). The van der Waals surface area contributed by atoms with Gasteiger partial charge in [0.15, 0.2) is 5.96 Å². The van der Waals surface area contributed by atoms with E-state index in [1.807, 2.05) is 7.05 Å². The molecule has 3 unspecified atom stereocenters. The first-order chi connectivity index (χ1) is 11.3. The van der Waals surface area contributed by atoms with Crippen molar-refractivity contribution in [1.29, 1.82) is 0 Å². The van der Waals surface area contributed by atoms with Crippen molar-refractivity contribution in [2.75, 3.05) is 40.0 Å². The van der Waals surface area contributed by atoms with Crippen LogP contribution in [0, 0.1) is 11.8 Å². The second kappa shape index (κ2) is 10.9. The zero-order chi connectivity index (χ0) is 16.3. The number of aliphatic imine (C=N–C) groups is 1. The maximum Gasteiger partial charge on any atom is 0.190 e.